The van der Waals surface area contributed by atoms with E-state index in [9.17, 15) is 55.9 Å². The van der Waals surface area contributed by atoms with Gasteiger partial charge in [-0.05, 0) is 178 Å². The number of rotatable bonds is 16. The first-order valence-corrected chi connectivity index (χ1v) is 42.1. The number of fused-ring (bicyclic) bond motifs is 8. The molecule has 29 heteroatoms. The molecule has 25 nitrogen and oxygen atoms in total. The lowest BCUT2D eigenvalue weighted by Crippen LogP contribution is -2.27. The molecule has 642 valence electrons. The third-order valence-corrected chi connectivity index (χ3v) is 23.9. The average Bonchev–Trinajstić information content (AvgIpc) is 1.72. The molecular weight excluding hydrogens is 1620 g/mol. The Morgan fingerprint density at radius 1 is 0.339 bits per heavy atom. The molecule has 20 rings (SSSR count). The summed E-state index contributed by atoms with van der Waals surface area (Å²) in [6, 6.07) is 54.1. The number of carbonyl (C=O) groups excluding carboxylic acids is 4. The highest BCUT2D eigenvalue weighted by molar-refractivity contribution is 5.98. The maximum absolute atomic E-state index is 14.7. The molecule has 8 aromatic carbocycles. The van der Waals surface area contributed by atoms with Crippen LogP contribution in [0.2, 0.25) is 0 Å². The Kier molecular flexibility index (Phi) is 23.4. The molecule has 16 aromatic rings. The third kappa shape index (κ3) is 17.1. The number of hydrogen-bond donors (Lipinski definition) is 4. The third-order valence-electron chi connectivity index (χ3n) is 23.9. The molecular formula is C98H89F4N17O8. The number of nitrogens with one attached hydrogen (secondary N) is 4. The van der Waals surface area contributed by atoms with E-state index in [1.54, 1.807) is 117 Å². The summed E-state index contributed by atoms with van der Waals surface area (Å²) in [5, 5.41) is 36.5. The highest BCUT2D eigenvalue weighted by Crippen LogP contribution is 2.35. The van der Waals surface area contributed by atoms with Crippen LogP contribution in [0.4, 0.5) is 17.6 Å². The zero-order valence-electron chi connectivity index (χ0n) is 70.7. The van der Waals surface area contributed by atoms with E-state index in [0.29, 0.717) is 134 Å². The summed E-state index contributed by atoms with van der Waals surface area (Å²) < 4.78 is 66.9. The van der Waals surface area contributed by atoms with Crippen molar-refractivity contribution in [2.45, 2.75) is 151 Å². The Morgan fingerprint density at radius 3 is 0.921 bits per heavy atom. The summed E-state index contributed by atoms with van der Waals surface area (Å²) in [6.45, 7) is 19.0. The number of benzene rings is 8. The van der Waals surface area contributed by atoms with Crippen molar-refractivity contribution < 1.29 is 36.7 Å². The minimum atomic E-state index is -0.560. The zero-order valence-corrected chi connectivity index (χ0v) is 70.7. The molecule has 0 radical (unpaired) electrons. The van der Waals surface area contributed by atoms with Gasteiger partial charge < -0.3 is 33.3 Å². The fourth-order valence-corrected chi connectivity index (χ4v) is 17.3. The quantitative estimate of drug-likeness (QED) is 0.0655. The molecule has 0 spiro atoms. The second kappa shape index (κ2) is 35.3. The summed E-state index contributed by atoms with van der Waals surface area (Å²) in [6.07, 6.45) is 9.53. The summed E-state index contributed by atoms with van der Waals surface area (Å²) in [7, 11) is 0. The molecule has 4 amide bonds. The molecule has 0 bridgehead atoms. The fourth-order valence-electron chi connectivity index (χ4n) is 17.3. The molecule has 8 aromatic heterocycles. The Hall–Kier alpha value is -15.0. The number of nitrogens with zero attached hydrogens (tertiary/aromatic N) is 13. The van der Waals surface area contributed by atoms with Gasteiger partial charge in [-0.25, -0.2) is 38.0 Å². The number of hydrogen-bond acceptors (Lipinski definition) is 13. The normalized spacial score (nSPS) is 13.1. The van der Waals surface area contributed by atoms with Gasteiger partial charge >= 0.3 is 0 Å². The maximum Gasteiger partial charge on any atom is 0.272 e. The zero-order chi connectivity index (χ0) is 88.7. The minimum Gasteiger partial charge on any atom is -0.350 e. The van der Waals surface area contributed by atoms with Gasteiger partial charge in [0.15, 0.2) is 0 Å². The van der Waals surface area contributed by atoms with Crippen LogP contribution in [0.15, 0.2) is 232 Å². The SMILES string of the molecule is CC(C)n1cc2c(n1)CN(C(=O)c1cc(Cc3n[nH]c(=O)c4ccccc34)ccc1F)C2.CC(C)n1ccc2c1CN(C(=O)c1cc(Cc3n[nH]c(=O)c4ccccc34)ccc1F)C2.CC(C)n1ccc2c1CN(C(=O)c1cc(Cc3n[nH]c(=O)c4ccccc34)ccc1F)C2.CCn1ccc2c1CN(C(=O)c1cc(Cc3n[nH]c(=O)c4ccccc34)ccc1F)C2. The van der Waals surface area contributed by atoms with Crippen LogP contribution >= 0.6 is 0 Å². The van der Waals surface area contributed by atoms with E-state index in [4.69, 9.17) is 0 Å². The lowest BCUT2D eigenvalue weighted by molar-refractivity contribution is 0.0736. The molecule has 12 heterocycles. The van der Waals surface area contributed by atoms with Gasteiger partial charge in [-0.3, -0.25) is 43.0 Å². The van der Waals surface area contributed by atoms with E-state index in [0.717, 1.165) is 95.4 Å². The van der Waals surface area contributed by atoms with Crippen molar-refractivity contribution in [2.75, 3.05) is 0 Å². The average molecular weight is 1710 g/mol. The number of aryl methyl sites for hydroxylation is 1. The van der Waals surface area contributed by atoms with Gasteiger partial charge in [0.25, 0.3) is 45.9 Å². The second-order valence-electron chi connectivity index (χ2n) is 33.1. The molecule has 0 saturated heterocycles. The smallest absolute Gasteiger partial charge is 0.272 e. The van der Waals surface area contributed by atoms with Crippen molar-refractivity contribution >= 4 is 66.7 Å². The molecule has 0 aliphatic carbocycles. The molecule has 4 aliphatic rings. The number of aromatic nitrogens is 13. The van der Waals surface area contributed by atoms with Crippen LogP contribution in [-0.4, -0.2) is 107 Å². The van der Waals surface area contributed by atoms with Crippen molar-refractivity contribution in [1.82, 2.24) is 83.9 Å². The fraction of sp³-hybridized carbons (Fsp3) is 0.235. The lowest BCUT2D eigenvalue weighted by atomic mass is 10.0. The molecule has 0 fully saturated rings. The van der Waals surface area contributed by atoms with Gasteiger partial charge in [0.1, 0.15) is 23.3 Å². The molecule has 0 atom stereocenters. The minimum absolute atomic E-state index is 0.0260. The van der Waals surface area contributed by atoms with Gasteiger partial charge in [0.2, 0.25) is 0 Å². The van der Waals surface area contributed by atoms with Crippen molar-refractivity contribution in [3.05, 3.63) is 390 Å². The first-order chi connectivity index (χ1) is 61.3. The van der Waals surface area contributed by atoms with Gasteiger partial charge in [0.05, 0.1) is 98.4 Å². The van der Waals surface area contributed by atoms with Gasteiger partial charge in [-0.1, -0.05) is 97.1 Å². The van der Waals surface area contributed by atoms with Gasteiger partial charge in [-0.15, -0.1) is 0 Å². The predicted molar refractivity (Wildman–Crippen MR) is 473 cm³/mol. The van der Waals surface area contributed by atoms with E-state index >= 15 is 0 Å². The van der Waals surface area contributed by atoms with Crippen molar-refractivity contribution in [2.24, 2.45) is 0 Å². The van der Waals surface area contributed by atoms with E-state index in [1.807, 2.05) is 110 Å². The number of carbonyl (C=O) groups is 4. The number of aromatic amines is 4. The topological polar surface area (TPSA) is 297 Å². The first-order valence-electron chi connectivity index (χ1n) is 42.1. The Morgan fingerprint density at radius 2 is 0.622 bits per heavy atom. The highest BCUT2D eigenvalue weighted by atomic mass is 19.1. The summed E-state index contributed by atoms with van der Waals surface area (Å²) in [5.74, 6) is -3.51. The van der Waals surface area contributed by atoms with Crippen LogP contribution in [0, 0.1) is 23.3 Å². The van der Waals surface area contributed by atoms with Crippen LogP contribution in [0.25, 0.3) is 43.1 Å². The van der Waals surface area contributed by atoms with E-state index in [-0.39, 0.29) is 74.2 Å². The standard InChI is InChI=1S/2C25H23FN4O2.C24H22FN5O2.C24H21FN4O2/c2*1-15(2)30-10-9-17-13-29(14-23(17)30)25(32)20-11-16(7-8-21(20)26)12-22-18-5-3-4-6-19(18)24(31)28-27-22;1-14(2)30-12-16-11-29(13-22(16)28-30)24(32)19-9-15(7-8-20(19)25)10-21-17-5-3-4-6-18(17)23(31)27-26-21;1-2-28-10-9-16-13-29(14-22(16)28)24(31)19-11-15(7-8-20(19)25)12-21-17-5-3-4-6-18(17)23(30)27-26-21/h2*3-11,15H,12-14H2,1-2H3,(H,28,31);3-9,12,14H,10-11,13H2,1-2H3,(H,27,31);3-11H,2,12-14H2,1H3,(H,27,30). The van der Waals surface area contributed by atoms with Crippen LogP contribution in [0.5, 0.6) is 0 Å². The van der Waals surface area contributed by atoms with Gasteiger partial charge in [-0.2, -0.15) is 25.5 Å². The summed E-state index contributed by atoms with van der Waals surface area (Å²) in [5.41, 5.74) is 13.3. The van der Waals surface area contributed by atoms with Gasteiger partial charge in [0, 0.05) is 146 Å². The summed E-state index contributed by atoms with van der Waals surface area (Å²) in [4.78, 5) is 107. The van der Waals surface area contributed by atoms with Crippen molar-refractivity contribution in [3.8, 4) is 0 Å². The Labute approximate surface area is 724 Å². The monoisotopic (exact) mass is 1710 g/mol. The first kappa shape index (κ1) is 84.2. The highest BCUT2D eigenvalue weighted by Gasteiger charge is 2.34. The van der Waals surface area contributed by atoms with E-state index < -0.39 is 23.3 Å². The number of H-pyrrole nitrogens is 4. The van der Waals surface area contributed by atoms with Crippen LogP contribution in [-0.2, 0) is 84.6 Å². The van der Waals surface area contributed by atoms with Crippen LogP contribution in [0.3, 0.4) is 0 Å². The lowest BCUT2D eigenvalue weighted by Gasteiger charge is -2.18. The number of amides is 4. The van der Waals surface area contributed by atoms with Crippen molar-refractivity contribution in [3.63, 3.8) is 0 Å². The Balaban J connectivity index is 0.000000119. The maximum atomic E-state index is 14.7. The van der Waals surface area contributed by atoms with E-state index in [1.165, 1.54) is 24.3 Å². The van der Waals surface area contributed by atoms with E-state index in [2.05, 4.69) is 94.2 Å². The molecule has 4 aliphatic heterocycles. The predicted octanol–water partition coefficient (Wildman–Crippen LogP) is 15.6. The molecule has 0 saturated carbocycles. The molecule has 4 N–H and O–H groups in total. The van der Waals surface area contributed by atoms with Crippen LogP contribution in [0.1, 0.15) is 198 Å². The number of halogens is 4. The molecule has 127 heavy (non-hydrogen) atoms. The second-order valence-corrected chi connectivity index (χ2v) is 33.1. The largest absolute Gasteiger partial charge is 0.350 e. The Bertz CT molecular complexity index is 7060. The van der Waals surface area contributed by atoms with Crippen molar-refractivity contribution in [1.29, 1.82) is 0 Å². The van der Waals surface area contributed by atoms with Crippen LogP contribution < -0.4 is 22.2 Å². The molecule has 0 unspecified atom stereocenters. The summed E-state index contributed by atoms with van der Waals surface area (Å²) >= 11 is 0.